The smallest absolute Gasteiger partial charge is 0.322 e. The van der Waals surface area contributed by atoms with E-state index in [0.29, 0.717) is 11.4 Å². The predicted octanol–water partition coefficient (Wildman–Crippen LogP) is 1.25. The summed E-state index contributed by atoms with van der Waals surface area (Å²) in [5.41, 5.74) is 0.217. The average Bonchev–Trinajstić information content (AvgIpc) is 2.85. The number of sulfonamides is 1. The molecule has 142 valence electrons. The third-order valence-corrected chi connectivity index (χ3v) is 6.68. The number of benzene rings is 1. The number of rotatable bonds is 3. The first kappa shape index (κ1) is 19.4. The van der Waals surface area contributed by atoms with Crippen molar-refractivity contribution in [2.75, 3.05) is 18.8 Å². The Morgan fingerprint density at radius 2 is 1.93 bits per heavy atom. The van der Waals surface area contributed by atoms with Crippen molar-refractivity contribution < 1.29 is 18.0 Å². The number of hydrogen-bond acceptors (Lipinski definition) is 4. The van der Waals surface area contributed by atoms with Crippen LogP contribution in [0.15, 0.2) is 35.9 Å². The van der Waals surface area contributed by atoms with E-state index in [1.807, 2.05) is 12.1 Å². The van der Waals surface area contributed by atoms with E-state index in [1.165, 1.54) is 11.2 Å². The molecule has 2 aliphatic heterocycles. The van der Waals surface area contributed by atoms with E-state index < -0.39 is 33.3 Å². The molecule has 0 spiro atoms. The molecule has 7 nitrogen and oxygen atoms in total. The Labute approximate surface area is 162 Å². The zero-order chi connectivity index (χ0) is 19.7. The molecule has 1 fully saturated rings. The zero-order valence-corrected chi connectivity index (χ0v) is 16.2. The van der Waals surface area contributed by atoms with Gasteiger partial charge in [-0.1, -0.05) is 29.5 Å². The highest BCUT2D eigenvalue weighted by molar-refractivity contribution is 7.89. The van der Waals surface area contributed by atoms with Crippen LogP contribution in [0.3, 0.4) is 0 Å². The minimum atomic E-state index is -3.73. The van der Waals surface area contributed by atoms with Crippen molar-refractivity contribution in [1.29, 1.82) is 0 Å². The lowest BCUT2D eigenvalue weighted by atomic mass is 10.1. The summed E-state index contributed by atoms with van der Waals surface area (Å²) >= 11 is 5.84. The minimum Gasteiger partial charge on any atom is -0.322 e. The fraction of sp³-hybridized carbons (Fsp3) is 0.333. The first-order valence-electron chi connectivity index (χ1n) is 8.26. The maximum atomic E-state index is 12.6. The Bertz CT molecular complexity index is 976. The summed E-state index contributed by atoms with van der Waals surface area (Å²) < 4.78 is 26.6. The average molecular weight is 408 g/mol. The number of carbonyl (C=O) groups is 2. The number of nitrogens with one attached hydrogen (secondary N) is 2. The summed E-state index contributed by atoms with van der Waals surface area (Å²) in [5, 5.41) is 5.08. The number of carbonyl (C=O) groups excluding carboxylic acids is 2. The molecule has 1 saturated heterocycles. The summed E-state index contributed by atoms with van der Waals surface area (Å²) in [6.07, 6.45) is 2.24. The lowest BCUT2D eigenvalue weighted by Crippen LogP contribution is -2.52. The van der Waals surface area contributed by atoms with Crippen LogP contribution in [0.25, 0.3) is 0 Å². The third kappa shape index (κ3) is 4.50. The normalized spacial score (nSPS) is 23.1. The molecule has 0 unspecified atom stereocenters. The first-order chi connectivity index (χ1) is 12.7. The van der Waals surface area contributed by atoms with Gasteiger partial charge in [-0.25, -0.2) is 13.2 Å². The molecule has 3 amide bonds. The Morgan fingerprint density at radius 3 is 2.48 bits per heavy atom. The maximum absolute atomic E-state index is 12.6. The van der Waals surface area contributed by atoms with Gasteiger partial charge in [0.25, 0.3) is 5.91 Å². The van der Waals surface area contributed by atoms with Gasteiger partial charge >= 0.3 is 6.03 Å². The van der Waals surface area contributed by atoms with Gasteiger partial charge in [-0.15, -0.1) is 0 Å². The van der Waals surface area contributed by atoms with E-state index in [2.05, 4.69) is 22.5 Å². The molecule has 0 bridgehead atoms. The van der Waals surface area contributed by atoms with E-state index >= 15 is 0 Å². The van der Waals surface area contributed by atoms with Crippen LogP contribution < -0.4 is 10.6 Å². The van der Waals surface area contributed by atoms with Crippen molar-refractivity contribution >= 4 is 33.6 Å². The molecular formula is C18H18ClN3O4S. The number of hydrogen-bond donors (Lipinski definition) is 2. The highest BCUT2D eigenvalue weighted by atomic mass is 35.5. The Morgan fingerprint density at radius 1 is 1.22 bits per heavy atom. The first-order valence-corrected chi connectivity index (χ1v) is 10.2. The van der Waals surface area contributed by atoms with Crippen molar-refractivity contribution in [3.8, 4) is 11.8 Å². The standard InChI is InChI=1S/C18H18ClN3O4S/c1-18(16(23)20-17(24)21-18)12-27(25,26)22-10-8-14(9-11-22)3-2-13-4-6-15(19)7-5-13/h4-8H,9-12H2,1H3,(H2,20,21,23,24)/t18-/m1/s1. The number of nitrogens with zero attached hydrogens (tertiary/aromatic N) is 1. The second-order valence-electron chi connectivity index (χ2n) is 6.59. The number of halogens is 1. The molecule has 0 aliphatic carbocycles. The van der Waals surface area contributed by atoms with Crippen molar-refractivity contribution in [1.82, 2.24) is 14.9 Å². The molecular weight excluding hydrogens is 390 g/mol. The summed E-state index contributed by atoms with van der Waals surface area (Å²) in [6, 6.07) is 6.46. The molecule has 1 atom stereocenters. The highest BCUT2D eigenvalue weighted by Crippen LogP contribution is 2.19. The van der Waals surface area contributed by atoms with Crippen LogP contribution in [-0.4, -0.2) is 49.0 Å². The number of imide groups is 1. The molecule has 2 aliphatic rings. The van der Waals surface area contributed by atoms with Crippen LogP contribution >= 0.6 is 11.6 Å². The van der Waals surface area contributed by atoms with Crippen LogP contribution in [0, 0.1) is 11.8 Å². The van der Waals surface area contributed by atoms with Crippen molar-refractivity contribution in [2.45, 2.75) is 18.9 Å². The van der Waals surface area contributed by atoms with Gasteiger partial charge in [-0.05, 0) is 37.6 Å². The SMILES string of the molecule is C[C@]1(CS(=O)(=O)N2CC=C(C#Cc3ccc(Cl)cc3)CC2)NC(=O)NC1=O. The molecule has 3 rings (SSSR count). The largest absolute Gasteiger partial charge is 0.322 e. The Balaban J connectivity index is 1.66. The molecule has 2 heterocycles. The second-order valence-corrected chi connectivity index (χ2v) is 9.00. The van der Waals surface area contributed by atoms with Crippen LogP contribution in [-0.2, 0) is 14.8 Å². The lowest BCUT2D eigenvalue weighted by Gasteiger charge is -2.28. The van der Waals surface area contributed by atoms with Crippen LogP contribution in [0.5, 0.6) is 0 Å². The molecule has 0 saturated carbocycles. The third-order valence-electron chi connectivity index (χ3n) is 4.37. The van der Waals surface area contributed by atoms with Gasteiger partial charge in [-0.3, -0.25) is 10.1 Å². The molecule has 0 radical (unpaired) electrons. The van der Waals surface area contributed by atoms with Crippen LogP contribution in [0.1, 0.15) is 18.9 Å². The lowest BCUT2D eigenvalue weighted by molar-refractivity contribution is -0.122. The van der Waals surface area contributed by atoms with Gasteiger partial charge < -0.3 is 5.32 Å². The van der Waals surface area contributed by atoms with E-state index in [-0.39, 0.29) is 13.1 Å². The summed E-state index contributed by atoms with van der Waals surface area (Å²) in [7, 11) is -3.73. The maximum Gasteiger partial charge on any atom is 0.322 e. The molecule has 1 aromatic carbocycles. The monoisotopic (exact) mass is 407 g/mol. The topological polar surface area (TPSA) is 95.6 Å². The van der Waals surface area contributed by atoms with Gasteiger partial charge in [-0.2, -0.15) is 4.31 Å². The van der Waals surface area contributed by atoms with Crippen molar-refractivity contribution in [3.63, 3.8) is 0 Å². The highest BCUT2D eigenvalue weighted by Gasteiger charge is 2.46. The quantitative estimate of drug-likeness (QED) is 0.582. The van der Waals surface area contributed by atoms with Gasteiger partial charge in [0.1, 0.15) is 5.54 Å². The van der Waals surface area contributed by atoms with E-state index in [4.69, 9.17) is 11.6 Å². The van der Waals surface area contributed by atoms with Crippen LogP contribution in [0.2, 0.25) is 5.02 Å². The summed E-state index contributed by atoms with van der Waals surface area (Å²) in [5.74, 6) is 4.94. The molecule has 9 heteroatoms. The summed E-state index contributed by atoms with van der Waals surface area (Å²) in [6.45, 7) is 1.85. The van der Waals surface area contributed by atoms with E-state index in [9.17, 15) is 18.0 Å². The Hall–Kier alpha value is -2.34. The van der Waals surface area contributed by atoms with Crippen molar-refractivity contribution in [3.05, 3.63) is 46.5 Å². The fourth-order valence-electron chi connectivity index (χ4n) is 2.84. The van der Waals surface area contributed by atoms with Gasteiger partial charge in [0.15, 0.2) is 0 Å². The molecule has 27 heavy (non-hydrogen) atoms. The van der Waals surface area contributed by atoms with E-state index in [1.54, 1.807) is 18.2 Å². The van der Waals surface area contributed by atoms with Gasteiger partial charge in [0.2, 0.25) is 10.0 Å². The predicted molar refractivity (Wildman–Crippen MR) is 101 cm³/mol. The van der Waals surface area contributed by atoms with Crippen molar-refractivity contribution in [2.24, 2.45) is 0 Å². The Kier molecular flexibility index (Phi) is 5.29. The number of urea groups is 1. The summed E-state index contributed by atoms with van der Waals surface area (Å²) in [4.78, 5) is 23.1. The van der Waals surface area contributed by atoms with Crippen LogP contribution in [0.4, 0.5) is 4.79 Å². The van der Waals surface area contributed by atoms with E-state index in [0.717, 1.165) is 11.1 Å². The minimum absolute atomic E-state index is 0.179. The molecule has 2 N–H and O–H groups in total. The van der Waals surface area contributed by atoms with Gasteiger partial charge in [0.05, 0.1) is 5.75 Å². The zero-order valence-electron chi connectivity index (χ0n) is 14.6. The molecule has 0 aromatic heterocycles. The fourth-order valence-corrected chi connectivity index (χ4v) is 4.75. The molecule has 1 aromatic rings. The number of amides is 3. The van der Waals surface area contributed by atoms with Gasteiger partial charge in [0, 0.05) is 29.2 Å². The second kappa shape index (κ2) is 7.35.